The fourth-order valence-corrected chi connectivity index (χ4v) is 7.99. The van der Waals surface area contributed by atoms with E-state index in [0.29, 0.717) is 49.3 Å². The Labute approximate surface area is 361 Å². The number of phosphoric acid groups is 1. The first-order valence-electron chi connectivity index (χ1n) is 17.9. The van der Waals surface area contributed by atoms with E-state index in [2.05, 4.69) is 35.5 Å². The number of nitrogens with zero attached hydrogens (tertiary/aromatic N) is 6. The van der Waals surface area contributed by atoms with Gasteiger partial charge >= 0.3 is 51.0 Å². The Hall–Kier alpha value is -3.07. The van der Waals surface area contributed by atoms with Crippen LogP contribution in [0.3, 0.4) is 0 Å². The first kappa shape index (κ1) is 48.3. The number of nitrogens with one attached hydrogen (secondary N) is 2. The van der Waals surface area contributed by atoms with Crippen LogP contribution in [-0.2, 0) is 74.5 Å². The largest absolute Gasteiger partial charge is 2.00 e. The Morgan fingerprint density at radius 3 is 1.88 bits per heavy atom. The monoisotopic (exact) mass is 920 g/mol. The number of thioether (sulfide) groups is 1. The average molecular weight is 924 g/mol. The van der Waals surface area contributed by atoms with E-state index in [4.69, 9.17) is 24.0 Å². The van der Waals surface area contributed by atoms with Gasteiger partial charge in [-0.05, 0) is 74.5 Å². The van der Waals surface area contributed by atoms with Crippen molar-refractivity contribution in [2.45, 2.75) is 75.3 Å². The summed E-state index contributed by atoms with van der Waals surface area (Å²) >= 11 is 1.87. The van der Waals surface area contributed by atoms with Gasteiger partial charge in [-0.15, -0.1) is 6.10 Å². The van der Waals surface area contributed by atoms with E-state index in [0.717, 1.165) is 35.7 Å². The van der Waals surface area contributed by atoms with Crippen molar-refractivity contribution >= 4 is 31.6 Å². The van der Waals surface area contributed by atoms with Crippen molar-refractivity contribution in [1.82, 2.24) is 40.4 Å². The molecule has 2 amide bonds. The van der Waals surface area contributed by atoms with Crippen molar-refractivity contribution in [3.8, 4) is 5.75 Å². The van der Waals surface area contributed by atoms with Gasteiger partial charge < -0.3 is 35.2 Å². The molecule has 4 aromatic rings. The summed E-state index contributed by atoms with van der Waals surface area (Å²) in [6.45, 7) is 2.27. The number of aromatic nitrogens is 4. The third-order valence-corrected chi connectivity index (χ3v) is 10.3. The van der Waals surface area contributed by atoms with E-state index in [1.54, 1.807) is 36.9 Å². The van der Waals surface area contributed by atoms with E-state index in [9.17, 15) is 14.7 Å². The summed E-state index contributed by atoms with van der Waals surface area (Å²) in [5, 5.41) is 20.2. The standard InChI is InChI=1S/C37H43N8O4S.H3O4P.2Zn/c46-30(23-44(20-27-10-3-6-16-38-27)21-28-11-4-7-17-39-28)24-45(22-29-12-5-8-18-40-29)25-31-33(13-9-19-41-31)49-35(47)15-2-1-14-34-36-32(26-50-34)42-37(48)43-36;1-5(2,3)4;;/h3-13,16-19,30,32,34,36H,1-2,14-15,20-26H2,(H2,42,43,48);(H3,1,2,3,4);;/q-1;;2*+2/p-1/t30?,32-,34?,36-;;;/m0.../s1. The second-order valence-corrected chi connectivity index (χ2v) is 15.5. The van der Waals surface area contributed by atoms with Gasteiger partial charge in [0.2, 0.25) is 0 Å². The van der Waals surface area contributed by atoms with Crippen molar-refractivity contribution in [2.75, 3.05) is 18.8 Å². The molecule has 0 saturated carbocycles. The van der Waals surface area contributed by atoms with E-state index in [-0.39, 0.29) is 82.6 Å². The van der Waals surface area contributed by atoms with Gasteiger partial charge in [0.15, 0.2) is 5.75 Å². The fraction of sp³-hybridized carbons (Fsp3) is 0.405. The third-order valence-electron chi connectivity index (χ3n) is 8.76. The number of amides is 2. The summed E-state index contributed by atoms with van der Waals surface area (Å²) in [6, 6.07) is 21.0. The third kappa shape index (κ3) is 17.8. The summed E-state index contributed by atoms with van der Waals surface area (Å²) in [5.41, 5.74) is 3.17. The quantitative estimate of drug-likeness (QED) is 0.0367. The predicted octanol–water partition coefficient (Wildman–Crippen LogP) is 1.77. The zero-order chi connectivity index (χ0) is 39.0. The first-order chi connectivity index (χ1) is 26.5. The van der Waals surface area contributed by atoms with E-state index < -0.39 is 13.9 Å². The molecule has 2 aliphatic heterocycles. The number of ether oxygens (including phenoxy) is 1. The molecule has 2 fully saturated rings. The maximum absolute atomic E-state index is 13.8. The van der Waals surface area contributed by atoms with Crippen molar-refractivity contribution in [3.63, 3.8) is 0 Å². The van der Waals surface area contributed by atoms with E-state index in [1.807, 2.05) is 71.3 Å². The Morgan fingerprint density at radius 1 is 0.825 bits per heavy atom. The molecular weight excluding hydrogens is 878 g/mol. The molecule has 294 valence electrons. The minimum absolute atomic E-state index is 0. The molecule has 4 atom stereocenters. The summed E-state index contributed by atoms with van der Waals surface area (Å²) in [5.74, 6) is 0.996. The van der Waals surface area contributed by atoms with Crippen molar-refractivity contribution in [1.29, 1.82) is 0 Å². The minimum Gasteiger partial charge on any atom is -0.850 e. The van der Waals surface area contributed by atoms with Crippen LogP contribution in [-0.4, -0.2) is 93.8 Å². The van der Waals surface area contributed by atoms with Crippen LogP contribution in [0.4, 0.5) is 4.79 Å². The maximum Gasteiger partial charge on any atom is 2.00 e. The molecule has 16 nitrogen and oxygen atoms in total. The molecule has 2 unspecified atom stereocenters. The van der Waals surface area contributed by atoms with Crippen LogP contribution in [0.1, 0.15) is 48.5 Å². The maximum atomic E-state index is 13.8. The molecule has 0 spiro atoms. The number of urea groups is 1. The molecule has 6 rings (SSSR count). The molecule has 4 N–H and O–H groups in total. The smallest absolute Gasteiger partial charge is 0.850 e. The molecule has 0 bridgehead atoms. The molecule has 0 aliphatic carbocycles. The van der Waals surface area contributed by atoms with E-state index >= 15 is 0 Å². The second-order valence-electron chi connectivity index (χ2n) is 13.2. The number of unbranched alkanes of at least 4 members (excludes halogenated alkanes) is 1. The zero-order valence-corrected chi connectivity index (χ0v) is 39.2. The normalized spacial score (nSPS) is 17.6. The van der Waals surface area contributed by atoms with Gasteiger partial charge in [0.1, 0.15) is 0 Å². The Morgan fingerprint density at radius 2 is 1.35 bits per heavy atom. The SMILES string of the molecule is O=C1N[C@H]2CSC(CCCCC(=O)Oc3cccnc3CN(Cc3ccccn3)CC([O-])CN(Cc3ccccn3)Cc3ccccn3)[C@H]2N1.O=P([O-])(O)O.[Zn+2].[Zn+2]. The number of hydrogen-bond donors (Lipinski definition) is 4. The summed E-state index contributed by atoms with van der Waals surface area (Å²) < 4.78 is 14.6. The van der Waals surface area contributed by atoms with Gasteiger partial charge in [-0.1, -0.05) is 24.6 Å². The molecular formula is C37H45N8O8PSZn2+2. The van der Waals surface area contributed by atoms with Crippen LogP contribution >= 0.6 is 19.6 Å². The minimum atomic E-state index is -4.89. The van der Waals surface area contributed by atoms with Gasteiger partial charge in [0, 0.05) is 68.4 Å². The van der Waals surface area contributed by atoms with Crippen LogP contribution in [0.15, 0.2) is 91.5 Å². The van der Waals surface area contributed by atoms with Gasteiger partial charge in [0.05, 0.1) is 34.9 Å². The molecule has 2 saturated heterocycles. The Bertz CT molecular complexity index is 1790. The summed E-state index contributed by atoms with van der Waals surface area (Å²) in [4.78, 5) is 69.7. The fourth-order valence-electron chi connectivity index (χ4n) is 6.44. The Kier molecular flexibility index (Phi) is 21.0. The molecule has 2 aliphatic rings. The summed E-state index contributed by atoms with van der Waals surface area (Å²) in [6.07, 6.45) is 8.73. The van der Waals surface area contributed by atoms with Gasteiger partial charge in [-0.2, -0.15) is 11.8 Å². The number of carbonyl (C=O) groups excluding carboxylic acids is 2. The molecule has 4 aromatic heterocycles. The second kappa shape index (κ2) is 24.8. The van der Waals surface area contributed by atoms with Gasteiger partial charge in [-0.25, -0.2) is 4.79 Å². The van der Waals surface area contributed by atoms with Crippen LogP contribution in [0.2, 0.25) is 0 Å². The number of esters is 1. The average Bonchev–Trinajstić information content (AvgIpc) is 3.70. The Balaban J connectivity index is 0.00000117. The van der Waals surface area contributed by atoms with Crippen LogP contribution in [0.25, 0.3) is 0 Å². The van der Waals surface area contributed by atoms with Crippen molar-refractivity contribution < 1.29 is 77.6 Å². The first-order valence-corrected chi connectivity index (χ1v) is 20.5. The summed E-state index contributed by atoms with van der Waals surface area (Å²) in [7, 11) is -4.89. The molecule has 20 heteroatoms. The van der Waals surface area contributed by atoms with Gasteiger partial charge in [-0.3, -0.25) is 39.1 Å². The molecule has 0 radical (unpaired) electrons. The molecule has 6 heterocycles. The van der Waals surface area contributed by atoms with E-state index in [1.165, 1.54) is 0 Å². The predicted molar refractivity (Wildman–Crippen MR) is 201 cm³/mol. The number of carbonyl (C=O) groups is 2. The number of hydrogen-bond acceptors (Lipinski definition) is 13. The topological polar surface area (TPSA) is 229 Å². The van der Waals surface area contributed by atoms with Crippen LogP contribution in [0.5, 0.6) is 5.75 Å². The number of rotatable bonds is 18. The number of fused-ring (bicyclic) bond motifs is 1. The van der Waals surface area contributed by atoms with Crippen molar-refractivity contribution in [3.05, 3.63) is 114 Å². The zero-order valence-electron chi connectivity index (χ0n) is 31.5. The van der Waals surface area contributed by atoms with Crippen molar-refractivity contribution in [2.24, 2.45) is 0 Å². The number of pyridine rings is 4. The molecule has 57 heavy (non-hydrogen) atoms. The van der Waals surface area contributed by atoms with Crippen LogP contribution in [0, 0.1) is 0 Å². The molecule has 0 aromatic carbocycles. The van der Waals surface area contributed by atoms with Gasteiger partial charge in [0.25, 0.3) is 7.82 Å². The van der Waals surface area contributed by atoms with Crippen LogP contribution < -0.4 is 25.4 Å².